The Morgan fingerprint density at radius 2 is 2.29 bits per heavy atom. The van der Waals surface area contributed by atoms with E-state index in [0.717, 1.165) is 35.1 Å². The molecule has 1 heterocycles. The lowest BCUT2D eigenvalue weighted by molar-refractivity contribution is -0.118. The third-order valence-electron chi connectivity index (χ3n) is 4.08. The van der Waals surface area contributed by atoms with E-state index in [4.69, 9.17) is 5.73 Å². The van der Waals surface area contributed by atoms with Crippen LogP contribution in [0.25, 0.3) is 0 Å². The van der Waals surface area contributed by atoms with E-state index in [1.807, 2.05) is 32.0 Å². The van der Waals surface area contributed by atoms with Crippen molar-refractivity contribution in [2.75, 3.05) is 18.4 Å². The summed E-state index contributed by atoms with van der Waals surface area (Å²) in [6, 6.07) is 6.29. The average molecular weight is 354 g/mol. The first-order valence-corrected chi connectivity index (χ1v) is 8.32. The Balaban J connectivity index is 1.97. The summed E-state index contributed by atoms with van der Waals surface area (Å²) >= 11 is 3.43. The van der Waals surface area contributed by atoms with Crippen LogP contribution in [0.3, 0.4) is 0 Å². The Labute approximate surface area is 135 Å². The van der Waals surface area contributed by atoms with Crippen molar-refractivity contribution in [3.8, 4) is 0 Å². The number of piperidine rings is 1. The highest BCUT2D eigenvalue weighted by molar-refractivity contribution is 9.10. The van der Waals surface area contributed by atoms with Crippen molar-refractivity contribution in [1.82, 2.24) is 4.90 Å². The number of benzene rings is 1. The van der Waals surface area contributed by atoms with E-state index in [1.165, 1.54) is 6.42 Å². The molecule has 1 fully saturated rings. The van der Waals surface area contributed by atoms with Crippen LogP contribution < -0.4 is 11.1 Å². The van der Waals surface area contributed by atoms with Crippen LogP contribution in [0.5, 0.6) is 0 Å². The maximum absolute atomic E-state index is 12.3. The number of carbonyl (C=O) groups is 1. The molecule has 0 aliphatic carbocycles. The predicted molar refractivity (Wildman–Crippen MR) is 90.4 cm³/mol. The van der Waals surface area contributed by atoms with E-state index in [2.05, 4.69) is 26.1 Å². The third-order valence-corrected chi connectivity index (χ3v) is 4.57. The number of anilines is 1. The number of rotatable bonds is 4. The van der Waals surface area contributed by atoms with Crippen LogP contribution in [0.2, 0.25) is 0 Å². The smallest absolute Gasteiger partial charge is 0.238 e. The topological polar surface area (TPSA) is 58.4 Å². The first kappa shape index (κ1) is 16.5. The Morgan fingerprint density at radius 3 is 2.95 bits per heavy atom. The molecule has 0 aromatic heterocycles. The van der Waals surface area contributed by atoms with Crippen LogP contribution in [0, 0.1) is 6.92 Å². The lowest BCUT2D eigenvalue weighted by Crippen LogP contribution is -2.51. The second-order valence-corrected chi connectivity index (χ2v) is 6.82. The highest BCUT2D eigenvalue weighted by Gasteiger charge is 2.26. The highest BCUT2D eigenvalue weighted by Crippen LogP contribution is 2.21. The quantitative estimate of drug-likeness (QED) is 0.874. The van der Waals surface area contributed by atoms with Crippen LogP contribution in [0.4, 0.5) is 5.69 Å². The Bertz CT molecular complexity index is 504. The van der Waals surface area contributed by atoms with Crippen molar-refractivity contribution >= 4 is 27.5 Å². The maximum atomic E-state index is 12.3. The van der Waals surface area contributed by atoms with Crippen molar-refractivity contribution in [3.05, 3.63) is 28.2 Å². The minimum atomic E-state index is 0.0352. The van der Waals surface area contributed by atoms with Crippen molar-refractivity contribution in [2.24, 2.45) is 5.73 Å². The van der Waals surface area contributed by atoms with Gasteiger partial charge in [0.1, 0.15) is 0 Å². The highest BCUT2D eigenvalue weighted by atomic mass is 79.9. The number of carbonyl (C=O) groups excluding carboxylic acids is 1. The number of halogens is 1. The zero-order valence-electron chi connectivity index (χ0n) is 12.7. The van der Waals surface area contributed by atoms with E-state index < -0.39 is 0 Å². The zero-order chi connectivity index (χ0) is 15.4. The molecule has 2 unspecified atom stereocenters. The molecule has 1 aliphatic rings. The molecule has 0 spiro atoms. The molecule has 4 nitrogen and oxygen atoms in total. The Kier molecular flexibility index (Phi) is 5.79. The van der Waals surface area contributed by atoms with E-state index in [9.17, 15) is 4.79 Å². The molecule has 0 radical (unpaired) electrons. The summed E-state index contributed by atoms with van der Waals surface area (Å²) in [6.07, 6.45) is 3.44. The van der Waals surface area contributed by atoms with Crippen LogP contribution >= 0.6 is 15.9 Å². The van der Waals surface area contributed by atoms with Gasteiger partial charge in [0, 0.05) is 22.2 Å². The third kappa shape index (κ3) is 4.53. The van der Waals surface area contributed by atoms with Gasteiger partial charge in [-0.25, -0.2) is 0 Å². The van der Waals surface area contributed by atoms with E-state index in [-0.39, 0.29) is 11.9 Å². The van der Waals surface area contributed by atoms with Gasteiger partial charge in [-0.1, -0.05) is 22.4 Å². The van der Waals surface area contributed by atoms with Crippen molar-refractivity contribution in [3.63, 3.8) is 0 Å². The zero-order valence-corrected chi connectivity index (χ0v) is 14.3. The molecule has 1 amide bonds. The van der Waals surface area contributed by atoms with E-state index in [1.54, 1.807) is 0 Å². The van der Waals surface area contributed by atoms with Crippen LogP contribution in [0.1, 0.15) is 31.7 Å². The summed E-state index contributed by atoms with van der Waals surface area (Å²) in [4.78, 5) is 14.5. The number of likely N-dealkylation sites (tertiary alicyclic amines) is 1. The van der Waals surface area contributed by atoms with Crippen LogP contribution in [-0.4, -0.2) is 36.0 Å². The van der Waals surface area contributed by atoms with Crippen LogP contribution in [0.15, 0.2) is 22.7 Å². The van der Waals surface area contributed by atoms with Crippen molar-refractivity contribution < 1.29 is 4.79 Å². The number of hydrogen-bond acceptors (Lipinski definition) is 3. The van der Waals surface area contributed by atoms with Gasteiger partial charge < -0.3 is 11.1 Å². The van der Waals surface area contributed by atoms with Crippen molar-refractivity contribution in [1.29, 1.82) is 0 Å². The minimum absolute atomic E-state index is 0.0352. The number of nitrogens with two attached hydrogens (primary N) is 1. The molecular formula is C16H24BrN3O. The second-order valence-electron chi connectivity index (χ2n) is 5.90. The summed E-state index contributed by atoms with van der Waals surface area (Å²) in [5.74, 6) is 0.0352. The lowest BCUT2D eigenvalue weighted by Gasteiger charge is -2.37. The average Bonchev–Trinajstić information content (AvgIpc) is 2.42. The number of amides is 1. The fraction of sp³-hybridized carbons (Fsp3) is 0.562. The van der Waals surface area contributed by atoms with Gasteiger partial charge in [-0.15, -0.1) is 0 Å². The molecule has 1 aromatic carbocycles. The normalized spacial score (nSPS) is 21.0. The van der Waals surface area contributed by atoms with Gasteiger partial charge in [0.15, 0.2) is 0 Å². The molecule has 5 heteroatoms. The Morgan fingerprint density at radius 1 is 1.52 bits per heavy atom. The minimum Gasteiger partial charge on any atom is -0.327 e. The molecule has 1 aromatic rings. The standard InChI is InChI=1S/C16H24BrN3O/c1-11-9-13(17)6-7-14(11)19-16(21)10-20-8-4-3-5-15(20)12(2)18/h6-7,9,12,15H,3-5,8,10,18H2,1-2H3,(H,19,21). The molecule has 0 bridgehead atoms. The molecule has 2 atom stereocenters. The van der Waals surface area contributed by atoms with E-state index >= 15 is 0 Å². The molecule has 3 N–H and O–H groups in total. The largest absolute Gasteiger partial charge is 0.327 e. The van der Waals surface area contributed by atoms with Crippen LogP contribution in [-0.2, 0) is 4.79 Å². The first-order chi connectivity index (χ1) is 9.97. The molecular weight excluding hydrogens is 330 g/mol. The summed E-state index contributed by atoms with van der Waals surface area (Å²) in [5.41, 5.74) is 7.98. The van der Waals surface area contributed by atoms with Gasteiger partial charge in [0.2, 0.25) is 5.91 Å². The molecule has 2 rings (SSSR count). The maximum Gasteiger partial charge on any atom is 0.238 e. The molecule has 1 aliphatic heterocycles. The number of nitrogens with zero attached hydrogens (tertiary/aromatic N) is 1. The van der Waals surface area contributed by atoms with Gasteiger partial charge in [-0.2, -0.15) is 0 Å². The van der Waals surface area contributed by atoms with Gasteiger partial charge >= 0.3 is 0 Å². The summed E-state index contributed by atoms with van der Waals surface area (Å²) < 4.78 is 1.02. The SMILES string of the molecule is Cc1cc(Br)ccc1NC(=O)CN1CCCCC1C(C)N. The summed E-state index contributed by atoms with van der Waals surface area (Å²) in [6.45, 7) is 5.40. The molecule has 116 valence electrons. The number of nitrogens with one attached hydrogen (secondary N) is 1. The summed E-state index contributed by atoms with van der Waals surface area (Å²) in [7, 11) is 0. The predicted octanol–water partition coefficient (Wildman–Crippen LogP) is 2.90. The van der Waals surface area contributed by atoms with Gasteiger partial charge in [0.25, 0.3) is 0 Å². The monoisotopic (exact) mass is 353 g/mol. The number of aryl methyl sites for hydroxylation is 1. The van der Waals surface area contributed by atoms with Crippen molar-refractivity contribution in [2.45, 2.75) is 45.2 Å². The summed E-state index contributed by atoms with van der Waals surface area (Å²) in [5, 5.41) is 3.00. The lowest BCUT2D eigenvalue weighted by atomic mass is 9.97. The van der Waals surface area contributed by atoms with Gasteiger partial charge in [-0.3, -0.25) is 9.69 Å². The molecule has 0 saturated carbocycles. The molecule has 1 saturated heterocycles. The number of hydrogen-bond donors (Lipinski definition) is 2. The fourth-order valence-electron chi connectivity index (χ4n) is 2.95. The van der Waals surface area contributed by atoms with Gasteiger partial charge in [0.05, 0.1) is 6.54 Å². The van der Waals surface area contributed by atoms with E-state index in [0.29, 0.717) is 12.6 Å². The fourth-order valence-corrected chi connectivity index (χ4v) is 3.43. The Hall–Kier alpha value is -0.910. The second kappa shape index (κ2) is 7.38. The first-order valence-electron chi connectivity index (χ1n) is 7.53. The van der Waals surface area contributed by atoms with Gasteiger partial charge in [-0.05, 0) is 57.0 Å². The molecule has 21 heavy (non-hydrogen) atoms.